The summed E-state index contributed by atoms with van der Waals surface area (Å²) in [6.07, 6.45) is 6.60. The lowest BCUT2D eigenvalue weighted by Gasteiger charge is -2.42. The van der Waals surface area contributed by atoms with Gasteiger partial charge in [0.1, 0.15) is 5.60 Å². The molecule has 1 atom stereocenters. The Balaban J connectivity index is 1.03. The molecule has 0 spiro atoms. The lowest BCUT2D eigenvalue weighted by atomic mass is 9.78. The van der Waals surface area contributed by atoms with Crippen molar-refractivity contribution in [3.63, 3.8) is 0 Å². The number of benzene rings is 1. The van der Waals surface area contributed by atoms with Gasteiger partial charge in [0.2, 0.25) is 17.7 Å². The lowest BCUT2D eigenvalue weighted by Crippen LogP contribution is -2.48. The maximum atomic E-state index is 13.2. The van der Waals surface area contributed by atoms with Gasteiger partial charge in [0.15, 0.2) is 0 Å². The number of hydrogen-bond donors (Lipinski definition) is 1. The van der Waals surface area contributed by atoms with E-state index in [-0.39, 0.29) is 35.7 Å². The van der Waals surface area contributed by atoms with E-state index in [1.165, 1.54) is 5.69 Å². The molecule has 41 heavy (non-hydrogen) atoms. The van der Waals surface area contributed by atoms with Crippen molar-refractivity contribution in [3.8, 4) is 0 Å². The van der Waals surface area contributed by atoms with Crippen LogP contribution in [0.15, 0.2) is 24.3 Å². The first kappa shape index (κ1) is 29.4. The van der Waals surface area contributed by atoms with Gasteiger partial charge in [-0.3, -0.25) is 19.7 Å². The summed E-state index contributed by atoms with van der Waals surface area (Å²) in [7, 11) is 0. The smallest absolute Gasteiger partial charge is 0.410 e. The topological polar surface area (TPSA) is 99.3 Å². The molecule has 0 bridgehead atoms. The highest BCUT2D eigenvalue weighted by Crippen LogP contribution is 2.35. The second-order valence-electron chi connectivity index (χ2n) is 13.3. The van der Waals surface area contributed by atoms with E-state index < -0.39 is 5.60 Å². The van der Waals surface area contributed by atoms with Crippen LogP contribution in [-0.2, 0) is 19.1 Å². The minimum atomic E-state index is -0.504. The Morgan fingerprint density at radius 3 is 1.90 bits per heavy atom. The van der Waals surface area contributed by atoms with Gasteiger partial charge in [-0.25, -0.2) is 4.79 Å². The van der Waals surface area contributed by atoms with Crippen molar-refractivity contribution in [2.45, 2.75) is 83.7 Å². The lowest BCUT2D eigenvalue weighted by molar-refractivity contribution is -0.139. The number of anilines is 1. The molecule has 224 valence electrons. The first-order valence-electron chi connectivity index (χ1n) is 15.5. The number of imide groups is 1. The maximum absolute atomic E-state index is 13.2. The average Bonchev–Trinajstić information content (AvgIpc) is 2.96. The third-order valence-electron chi connectivity index (χ3n) is 9.45. The Morgan fingerprint density at radius 2 is 1.34 bits per heavy atom. The summed E-state index contributed by atoms with van der Waals surface area (Å²) < 4.78 is 5.49. The van der Waals surface area contributed by atoms with Crippen LogP contribution < -0.4 is 10.2 Å². The number of nitrogens with zero attached hydrogens (tertiary/aromatic N) is 3. The van der Waals surface area contributed by atoms with Crippen LogP contribution in [0, 0.1) is 17.8 Å². The van der Waals surface area contributed by atoms with Gasteiger partial charge in [-0.15, -0.1) is 0 Å². The van der Waals surface area contributed by atoms with Crippen LogP contribution in [0.1, 0.15) is 83.6 Å². The average molecular weight is 567 g/mol. The number of rotatable bonds is 4. The summed E-state index contributed by atoms with van der Waals surface area (Å²) in [5.41, 5.74) is 1.66. The summed E-state index contributed by atoms with van der Waals surface area (Å²) in [6.45, 7) is 10.5. The van der Waals surface area contributed by atoms with Gasteiger partial charge in [0, 0.05) is 57.3 Å². The van der Waals surface area contributed by atoms with Crippen LogP contribution in [0.4, 0.5) is 10.5 Å². The number of piperidine rings is 4. The number of carbonyl (C=O) groups excluding carboxylic acids is 4. The molecule has 0 aliphatic carbocycles. The maximum Gasteiger partial charge on any atom is 0.410 e. The van der Waals surface area contributed by atoms with E-state index >= 15 is 0 Å². The molecular formula is C32H46N4O5. The minimum Gasteiger partial charge on any atom is -0.444 e. The molecule has 1 N–H and O–H groups in total. The Morgan fingerprint density at radius 1 is 0.780 bits per heavy atom. The Labute approximate surface area is 243 Å². The normalized spacial score (nSPS) is 23.9. The van der Waals surface area contributed by atoms with Crippen LogP contribution in [0.5, 0.6) is 0 Å². The van der Waals surface area contributed by atoms with Gasteiger partial charge in [-0.05, 0) is 95.2 Å². The minimum absolute atomic E-state index is 0.00912. The fourth-order valence-corrected chi connectivity index (χ4v) is 7.04. The van der Waals surface area contributed by atoms with Gasteiger partial charge in [0.25, 0.3) is 0 Å². The Hall–Kier alpha value is -3.10. The molecule has 0 saturated carbocycles. The molecule has 0 aromatic heterocycles. The number of nitrogens with one attached hydrogen (secondary N) is 1. The molecule has 4 saturated heterocycles. The number of carbonyl (C=O) groups is 4. The summed E-state index contributed by atoms with van der Waals surface area (Å²) >= 11 is 0. The van der Waals surface area contributed by atoms with Crippen LogP contribution in [0.2, 0.25) is 0 Å². The van der Waals surface area contributed by atoms with Crippen molar-refractivity contribution in [1.29, 1.82) is 0 Å². The molecule has 4 fully saturated rings. The highest BCUT2D eigenvalue weighted by atomic mass is 16.6. The summed E-state index contributed by atoms with van der Waals surface area (Å²) in [5, 5.41) is 2.45. The molecule has 9 heteroatoms. The molecule has 4 aliphatic rings. The van der Waals surface area contributed by atoms with Crippen molar-refractivity contribution in [3.05, 3.63) is 29.8 Å². The zero-order valence-electron chi connectivity index (χ0n) is 24.9. The predicted molar refractivity (Wildman–Crippen MR) is 156 cm³/mol. The standard InChI is InChI=1S/C32H46N4O5/c1-32(2,3)41-31(40)36-20-14-25(15-21-36)30(39)35-18-12-23(13-19-35)22-10-16-34(17-11-22)26-6-4-24(5-7-26)27-8-9-28(37)33-29(27)38/h4-7,22-23,25,27H,8-21H2,1-3H3,(H,33,37,38). The van der Waals surface area contributed by atoms with E-state index in [2.05, 4.69) is 27.2 Å². The van der Waals surface area contributed by atoms with E-state index in [0.29, 0.717) is 50.6 Å². The van der Waals surface area contributed by atoms with Gasteiger partial charge in [-0.2, -0.15) is 0 Å². The molecule has 5 rings (SSSR count). The van der Waals surface area contributed by atoms with Gasteiger partial charge in [0.05, 0.1) is 5.92 Å². The summed E-state index contributed by atoms with van der Waals surface area (Å²) in [6, 6.07) is 8.30. The second kappa shape index (κ2) is 12.4. The van der Waals surface area contributed by atoms with Gasteiger partial charge < -0.3 is 19.4 Å². The van der Waals surface area contributed by atoms with Crippen molar-refractivity contribution in [2.24, 2.45) is 17.8 Å². The molecule has 4 amide bonds. The quantitative estimate of drug-likeness (QED) is 0.546. The Kier molecular flexibility index (Phi) is 8.90. The van der Waals surface area contributed by atoms with Crippen LogP contribution in [0.25, 0.3) is 0 Å². The first-order valence-corrected chi connectivity index (χ1v) is 15.5. The van der Waals surface area contributed by atoms with E-state index in [0.717, 1.165) is 57.4 Å². The molecule has 1 unspecified atom stereocenters. The second-order valence-corrected chi connectivity index (χ2v) is 13.3. The molecule has 4 aliphatic heterocycles. The van der Waals surface area contributed by atoms with Crippen molar-refractivity contribution in [2.75, 3.05) is 44.2 Å². The van der Waals surface area contributed by atoms with Crippen LogP contribution in [0.3, 0.4) is 0 Å². The largest absolute Gasteiger partial charge is 0.444 e. The molecule has 0 radical (unpaired) electrons. The zero-order valence-corrected chi connectivity index (χ0v) is 24.9. The summed E-state index contributed by atoms with van der Waals surface area (Å²) in [5.74, 6) is 1.04. The SMILES string of the molecule is CC(C)(C)OC(=O)N1CCC(C(=O)N2CCC(C3CCN(c4ccc(C5CCC(=O)NC5=O)cc4)CC3)CC2)CC1. The number of hydrogen-bond acceptors (Lipinski definition) is 6. The van der Waals surface area contributed by atoms with E-state index in [9.17, 15) is 19.2 Å². The van der Waals surface area contributed by atoms with Crippen LogP contribution >= 0.6 is 0 Å². The van der Waals surface area contributed by atoms with Gasteiger partial charge in [-0.1, -0.05) is 12.1 Å². The van der Waals surface area contributed by atoms with Gasteiger partial charge >= 0.3 is 6.09 Å². The van der Waals surface area contributed by atoms with Crippen molar-refractivity contribution < 1.29 is 23.9 Å². The van der Waals surface area contributed by atoms with Crippen molar-refractivity contribution >= 4 is 29.5 Å². The third kappa shape index (κ3) is 7.22. The van der Waals surface area contributed by atoms with E-state index in [4.69, 9.17) is 4.74 Å². The molecule has 1 aromatic carbocycles. The third-order valence-corrected chi connectivity index (χ3v) is 9.45. The molecule has 4 heterocycles. The Bertz CT molecular complexity index is 1110. The number of ether oxygens (including phenoxy) is 1. The number of amides is 4. The molecular weight excluding hydrogens is 520 g/mol. The first-order chi connectivity index (χ1) is 19.6. The summed E-state index contributed by atoms with van der Waals surface area (Å²) in [4.78, 5) is 55.5. The highest BCUT2D eigenvalue weighted by molar-refractivity contribution is 6.00. The predicted octanol–water partition coefficient (Wildman–Crippen LogP) is 4.31. The van der Waals surface area contributed by atoms with Crippen molar-refractivity contribution in [1.82, 2.24) is 15.1 Å². The fourth-order valence-electron chi connectivity index (χ4n) is 7.04. The zero-order chi connectivity index (χ0) is 29.1. The molecule has 9 nitrogen and oxygen atoms in total. The van der Waals surface area contributed by atoms with E-state index in [1.54, 1.807) is 4.90 Å². The van der Waals surface area contributed by atoms with Crippen LogP contribution in [-0.4, -0.2) is 78.5 Å². The molecule has 1 aromatic rings. The fraction of sp³-hybridized carbons (Fsp3) is 0.688. The highest BCUT2D eigenvalue weighted by Gasteiger charge is 2.35. The monoisotopic (exact) mass is 566 g/mol. The van der Waals surface area contributed by atoms with E-state index in [1.807, 2.05) is 32.9 Å². The number of likely N-dealkylation sites (tertiary alicyclic amines) is 2.